The van der Waals surface area contributed by atoms with Crippen LogP contribution in [0.1, 0.15) is 18.4 Å². The van der Waals surface area contributed by atoms with Crippen molar-refractivity contribution < 1.29 is 14.9 Å². The van der Waals surface area contributed by atoms with Crippen molar-refractivity contribution in [2.45, 2.75) is 18.9 Å². The maximum Gasteiger partial charge on any atom is 0.187 e. The van der Waals surface area contributed by atoms with Gasteiger partial charge in [0.1, 0.15) is 11.5 Å². The van der Waals surface area contributed by atoms with E-state index in [-0.39, 0.29) is 17.6 Å². The Balaban J connectivity index is 1.75. The summed E-state index contributed by atoms with van der Waals surface area (Å²) < 4.78 is 5.46. The highest BCUT2D eigenvalue weighted by Gasteiger charge is 2.14. The van der Waals surface area contributed by atoms with E-state index in [0.29, 0.717) is 17.2 Å². The van der Waals surface area contributed by atoms with Gasteiger partial charge in [-0.25, -0.2) is 0 Å². The first-order valence-corrected chi connectivity index (χ1v) is 6.76. The number of nitrogens with zero attached hydrogens (tertiary/aromatic N) is 1. The lowest BCUT2D eigenvalue weighted by Crippen LogP contribution is -2.37. The number of hydrazone groups is 1. The Labute approximate surface area is 122 Å². The molecular formula is C13H17N3O3S. The van der Waals surface area contributed by atoms with Gasteiger partial charge >= 0.3 is 0 Å². The second kappa shape index (κ2) is 7.06. The molecule has 1 saturated heterocycles. The van der Waals surface area contributed by atoms with Gasteiger partial charge in [0.05, 0.1) is 12.3 Å². The number of phenols is 2. The Kier molecular flexibility index (Phi) is 5.14. The lowest BCUT2D eigenvalue weighted by atomic mass is 10.2. The third-order valence-corrected chi connectivity index (χ3v) is 3.13. The highest BCUT2D eigenvalue weighted by Crippen LogP contribution is 2.20. The van der Waals surface area contributed by atoms with Gasteiger partial charge < -0.3 is 20.3 Å². The topological polar surface area (TPSA) is 86.1 Å². The summed E-state index contributed by atoms with van der Waals surface area (Å²) in [6, 6.07) is 4.27. The van der Waals surface area contributed by atoms with Crippen molar-refractivity contribution in [1.82, 2.24) is 10.7 Å². The molecule has 1 unspecified atom stereocenters. The van der Waals surface area contributed by atoms with Crippen molar-refractivity contribution in [3.8, 4) is 11.5 Å². The number of phenolic OH excluding ortho intramolecular Hbond substituents is 2. The average Bonchev–Trinajstić information content (AvgIpc) is 2.92. The van der Waals surface area contributed by atoms with Crippen molar-refractivity contribution in [3.05, 3.63) is 23.8 Å². The molecule has 6 nitrogen and oxygen atoms in total. The first-order chi connectivity index (χ1) is 9.65. The molecule has 0 aliphatic carbocycles. The second-order valence-electron chi connectivity index (χ2n) is 4.46. The molecule has 0 bridgehead atoms. The first kappa shape index (κ1) is 14.5. The Morgan fingerprint density at radius 2 is 2.35 bits per heavy atom. The van der Waals surface area contributed by atoms with Crippen LogP contribution in [0.5, 0.6) is 11.5 Å². The standard InChI is InChI=1S/C13H17N3O3S/c17-10-4-3-9(12(18)6-10)7-15-16-13(20)14-8-11-2-1-5-19-11/h3-4,6-7,11,17-18H,1-2,5,8H2,(H2,14,16,20). The highest BCUT2D eigenvalue weighted by molar-refractivity contribution is 7.80. The zero-order chi connectivity index (χ0) is 14.4. The summed E-state index contributed by atoms with van der Waals surface area (Å²) in [5.41, 5.74) is 3.14. The first-order valence-electron chi connectivity index (χ1n) is 6.35. The number of nitrogens with one attached hydrogen (secondary N) is 2. The molecule has 0 aromatic heterocycles. The van der Waals surface area contributed by atoms with E-state index in [4.69, 9.17) is 22.1 Å². The van der Waals surface area contributed by atoms with Gasteiger partial charge in [0, 0.05) is 24.8 Å². The van der Waals surface area contributed by atoms with Crippen LogP contribution in [0, 0.1) is 0 Å². The minimum Gasteiger partial charge on any atom is -0.508 e. The normalized spacial score (nSPS) is 18.3. The fourth-order valence-electron chi connectivity index (χ4n) is 1.85. The molecule has 7 heteroatoms. The summed E-state index contributed by atoms with van der Waals surface area (Å²) in [5.74, 6) is -0.0462. The van der Waals surface area contributed by atoms with Crippen LogP contribution < -0.4 is 10.7 Å². The molecule has 1 heterocycles. The molecule has 1 aliphatic rings. The van der Waals surface area contributed by atoms with Gasteiger partial charge in [0.2, 0.25) is 0 Å². The van der Waals surface area contributed by atoms with Gasteiger partial charge in [-0.05, 0) is 37.2 Å². The Bertz CT molecular complexity index is 502. The largest absolute Gasteiger partial charge is 0.508 e. The van der Waals surface area contributed by atoms with Crippen LogP contribution in [-0.4, -0.2) is 40.8 Å². The van der Waals surface area contributed by atoms with Gasteiger partial charge in [0.25, 0.3) is 0 Å². The van der Waals surface area contributed by atoms with E-state index in [1.807, 2.05) is 0 Å². The molecule has 2 rings (SSSR count). The predicted octanol–water partition coefficient (Wildman–Crippen LogP) is 1.07. The maximum absolute atomic E-state index is 9.56. The second-order valence-corrected chi connectivity index (χ2v) is 4.87. The van der Waals surface area contributed by atoms with Crippen LogP contribution in [0.25, 0.3) is 0 Å². The molecule has 0 saturated carbocycles. The van der Waals surface area contributed by atoms with E-state index < -0.39 is 0 Å². The Hall–Kier alpha value is -1.86. The fraction of sp³-hybridized carbons (Fsp3) is 0.385. The van der Waals surface area contributed by atoms with Crippen molar-refractivity contribution in [2.75, 3.05) is 13.2 Å². The number of ether oxygens (including phenoxy) is 1. The number of hydrogen-bond acceptors (Lipinski definition) is 5. The molecule has 0 spiro atoms. The van der Waals surface area contributed by atoms with E-state index in [9.17, 15) is 5.11 Å². The molecule has 20 heavy (non-hydrogen) atoms. The van der Waals surface area contributed by atoms with E-state index in [0.717, 1.165) is 19.4 Å². The summed E-state index contributed by atoms with van der Waals surface area (Å²) in [6.45, 7) is 1.47. The summed E-state index contributed by atoms with van der Waals surface area (Å²) >= 11 is 5.06. The van der Waals surface area contributed by atoms with E-state index in [1.54, 1.807) is 6.07 Å². The third kappa shape index (κ3) is 4.36. The zero-order valence-electron chi connectivity index (χ0n) is 10.9. The highest BCUT2D eigenvalue weighted by atomic mass is 32.1. The minimum atomic E-state index is -0.0474. The van der Waals surface area contributed by atoms with E-state index >= 15 is 0 Å². The molecule has 1 aliphatic heterocycles. The SMILES string of the molecule is Oc1ccc(C=NNC(=S)NCC2CCCO2)c(O)c1. The molecule has 0 radical (unpaired) electrons. The molecule has 4 N–H and O–H groups in total. The van der Waals surface area contributed by atoms with Gasteiger partial charge in [-0.2, -0.15) is 5.10 Å². The van der Waals surface area contributed by atoms with Crippen LogP contribution in [0.4, 0.5) is 0 Å². The number of rotatable bonds is 4. The van der Waals surface area contributed by atoms with Crippen LogP contribution in [0.2, 0.25) is 0 Å². The quantitative estimate of drug-likeness (QED) is 0.378. The average molecular weight is 295 g/mol. The van der Waals surface area contributed by atoms with Gasteiger partial charge in [-0.15, -0.1) is 0 Å². The number of aromatic hydroxyl groups is 2. The smallest absolute Gasteiger partial charge is 0.187 e. The molecule has 0 amide bonds. The predicted molar refractivity (Wildman–Crippen MR) is 80.1 cm³/mol. The van der Waals surface area contributed by atoms with Crippen molar-refractivity contribution in [1.29, 1.82) is 0 Å². The number of thiocarbonyl (C=S) groups is 1. The van der Waals surface area contributed by atoms with Crippen molar-refractivity contribution >= 4 is 23.5 Å². The van der Waals surface area contributed by atoms with Crippen LogP contribution >= 0.6 is 12.2 Å². The molecule has 1 aromatic carbocycles. The third-order valence-electron chi connectivity index (χ3n) is 2.90. The molecule has 1 fully saturated rings. The molecule has 108 valence electrons. The number of benzene rings is 1. The lowest BCUT2D eigenvalue weighted by Gasteiger charge is -2.11. The minimum absolute atomic E-state index is 0.00126. The van der Waals surface area contributed by atoms with E-state index in [1.165, 1.54) is 18.3 Å². The van der Waals surface area contributed by atoms with Crippen LogP contribution in [0.3, 0.4) is 0 Å². The fourth-order valence-corrected chi connectivity index (χ4v) is 1.99. The van der Waals surface area contributed by atoms with Gasteiger partial charge in [-0.1, -0.05) is 0 Å². The molecule has 1 atom stereocenters. The summed E-state index contributed by atoms with van der Waals surface area (Å²) in [5, 5.41) is 26.0. The van der Waals surface area contributed by atoms with Crippen LogP contribution in [-0.2, 0) is 4.74 Å². The molecule has 1 aromatic rings. The summed E-state index contributed by atoms with van der Waals surface area (Å²) in [7, 11) is 0. The zero-order valence-corrected chi connectivity index (χ0v) is 11.7. The van der Waals surface area contributed by atoms with Crippen molar-refractivity contribution in [2.24, 2.45) is 5.10 Å². The van der Waals surface area contributed by atoms with E-state index in [2.05, 4.69) is 15.8 Å². The summed E-state index contributed by atoms with van der Waals surface area (Å²) in [6.07, 6.45) is 3.76. The number of hydrogen-bond donors (Lipinski definition) is 4. The Morgan fingerprint density at radius 1 is 1.50 bits per heavy atom. The maximum atomic E-state index is 9.56. The Morgan fingerprint density at radius 3 is 3.05 bits per heavy atom. The van der Waals surface area contributed by atoms with Crippen molar-refractivity contribution in [3.63, 3.8) is 0 Å². The monoisotopic (exact) mass is 295 g/mol. The van der Waals surface area contributed by atoms with Crippen LogP contribution in [0.15, 0.2) is 23.3 Å². The van der Waals surface area contributed by atoms with Gasteiger partial charge in [-0.3, -0.25) is 5.43 Å². The summed E-state index contributed by atoms with van der Waals surface area (Å²) in [4.78, 5) is 0. The van der Waals surface area contributed by atoms with Gasteiger partial charge in [0.15, 0.2) is 5.11 Å². The lowest BCUT2D eigenvalue weighted by molar-refractivity contribution is 0.114. The molecular weight excluding hydrogens is 278 g/mol.